The molecular formula is C14H25NO. The Kier molecular flexibility index (Phi) is 11.4. The van der Waals surface area contributed by atoms with Crippen molar-refractivity contribution in [2.45, 2.75) is 64.7 Å². The molecule has 1 N–H and O–H groups in total. The Morgan fingerprint density at radius 3 is 2.50 bits per heavy atom. The summed E-state index contributed by atoms with van der Waals surface area (Å²) in [6, 6.07) is 0. The van der Waals surface area contributed by atoms with Gasteiger partial charge in [-0.05, 0) is 12.8 Å². The Hall–Kier alpha value is -0.970. The molecule has 0 aliphatic heterocycles. The fraction of sp³-hybridized carbons (Fsp3) is 0.786. The van der Waals surface area contributed by atoms with Crippen molar-refractivity contribution in [2.75, 3.05) is 6.54 Å². The minimum absolute atomic E-state index is 0.174. The van der Waals surface area contributed by atoms with Crippen molar-refractivity contribution >= 4 is 5.91 Å². The molecule has 0 heterocycles. The second-order valence-electron chi connectivity index (χ2n) is 4.18. The molecule has 0 aliphatic rings. The Bertz CT molecular complexity index is 205. The van der Waals surface area contributed by atoms with E-state index in [2.05, 4.69) is 18.2 Å². The van der Waals surface area contributed by atoms with Gasteiger partial charge in [0.25, 0.3) is 0 Å². The van der Waals surface area contributed by atoms with E-state index >= 15 is 0 Å². The quantitative estimate of drug-likeness (QED) is 0.447. The van der Waals surface area contributed by atoms with Gasteiger partial charge in [0.15, 0.2) is 0 Å². The van der Waals surface area contributed by atoms with Crippen LogP contribution in [0.1, 0.15) is 64.7 Å². The lowest BCUT2D eigenvalue weighted by atomic mass is 10.1. The molecule has 2 heteroatoms. The van der Waals surface area contributed by atoms with Crippen molar-refractivity contribution in [1.82, 2.24) is 5.32 Å². The largest absolute Gasteiger partial charge is 0.356 e. The van der Waals surface area contributed by atoms with Gasteiger partial charge in [0.2, 0.25) is 5.91 Å². The van der Waals surface area contributed by atoms with E-state index in [1.807, 2.05) is 0 Å². The molecule has 16 heavy (non-hydrogen) atoms. The number of nitrogens with one attached hydrogen (secondary N) is 1. The van der Waals surface area contributed by atoms with Crippen LogP contribution in [0.15, 0.2) is 0 Å². The average Bonchev–Trinajstić information content (AvgIpc) is 2.29. The fourth-order valence-corrected chi connectivity index (χ4v) is 1.57. The van der Waals surface area contributed by atoms with Crippen LogP contribution in [-0.4, -0.2) is 12.5 Å². The standard InChI is InChI=1S/C14H25NO/c1-3-5-7-8-9-10-12-14(16)15-13-11-6-4-2/h2H,3,5-13H2,1H3,(H,15,16). The maximum Gasteiger partial charge on any atom is 0.219 e. The first-order valence-electron chi connectivity index (χ1n) is 6.51. The number of rotatable bonds is 10. The van der Waals surface area contributed by atoms with Gasteiger partial charge < -0.3 is 5.32 Å². The first kappa shape index (κ1) is 15.0. The lowest BCUT2D eigenvalue weighted by Gasteiger charge is -2.03. The molecule has 0 aromatic rings. The van der Waals surface area contributed by atoms with Crippen LogP contribution in [0.3, 0.4) is 0 Å². The third-order valence-electron chi connectivity index (χ3n) is 2.58. The second kappa shape index (κ2) is 12.1. The molecule has 92 valence electrons. The number of carbonyl (C=O) groups is 1. The van der Waals surface area contributed by atoms with Gasteiger partial charge in [-0.3, -0.25) is 4.79 Å². The summed E-state index contributed by atoms with van der Waals surface area (Å²) in [5, 5.41) is 2.89. The molecule has 0 spiro atoms. The highest BCUT2D eigenvalue weighted by Crippen LogP contribution is 2.06. The smallest absolute Gasteiger partial charge is 0.219 e. The highest BCUT2D eigenvalue weighted by atomic mass is 16.1. The Balaban J connectivity index is 3.15. The van der Waals surface area contributed by atoms with Gasteiger partial charge in [0, 0.05) is 19.4 Å². The van der Waals surface area contributed by atoms with Gasteiger partial charge >= 0.3 is 0 Å². The Morgan fingerprint density at radius 1 is 1.12 bits per heavy atom. The normalized spacial score (nSPS) is 9.75. The summed E-state index contributed by atoms with van der Waals surface area (Å²) < 4.78 is 0. The van der Waals surface area contributed by atoms with Crippen LogP contribution in [0.25, 0.3) is 0 Å². The zero-order valence-corrected chi connectivity index (χ0v) is 10.6. The predicted octanol–water partition coefficient (Wildman–Crippen LogP) is 3.27. The molecule has 0 atom stereocenters. The lowest BCUT2D eigenvalue weighted by Crippen LogP contribution is -2.23. The van der Waals surface area contributed by atoms with E-state index in [4.69, 9.17) is 6.42 Å². The summed E-state index contributed by atoms with van der Waals surface area (Å²) >= 11 is 0. The third kappa shape index (κ3) is 11.1. The number of hydrogen-bond acceptors (Lipinski definition) is 1. The van der Waals surface area contributed by atoms with Gasteiger partial charge in [0.05, 0.1) is 0 Å². The molecule has 0 aliphatic carbocycles. The number of unbranched alkanes of at least 4 members (excludes halogenated alkanes) is 6. The first-order chi connectivity index (χ1) is 7.81. The van der Waals surface area contributed by atoms with Crippen molar-refractivity contribution < 1.29 is 4.79 Å². The topological polar surface area (TPSA) is 29.1 Å². The monoisotopic (exact) mass is 223 g/mol. The minimum Gasteiger partial charge on any atom is -0.356 e. The third-order valence-corrected chi connectivity index (χ3v) is 2.58. The number of hydrogen-bond donors (Lipinski definition) is 1. The van der Waals surface area contributed by atoms with E-state index in [-0.39, 0.29) is 5.91 Å². The van der Waals surface area contributed by atoms with E-state index < -0.39 is 0 Å². The number of carbonyl (C=O) groups excluding carboxylic acids is 1. The highest BCUT2D eigenvalue weighted by Gasteiger charge is 1.99. The molecule has 0 aromatic carbocycles. The van der Waals surface area contributed by atoms with Crippen LogP contribution in [-0.2, 0) is 4.79 Å². The molecule has 0 aromatic heterocycles. The molecule has 0 saturated carbocycles. The van der Waals surface area contributed by atoms with E-state index in [1.54, 1.807) is 0 Å². The summed E-state index contributed by atoms with van der Waals surface area (Å²) in [4.78, 5) is 11.3. The van der Waals surface area contributed by atoms with Crippen molar-refractivity contribution in [1.29, 1.82) is 0 Å². The summed E-state index contributed by atoms with van der Waals surface area (Å²) in [7, 11) is 0. The van der Waals surface area contributed by atoms with E-state index in [1.165, 1.54) is 32.1 Å². The van der Waals surface area contributed by atoms with Crippen LogP contribution >= 0.6 is 0 Å². The van der Waals surface area contributed by atoms with Crippen molar-refractivity contribution in [3.63, 3.8) is 0 Å². The number of amides is 1. The van der Waals surface area contributed by atoms with Gasteiger partial charge in [0.1, 0.15) is 0 Å². The highest BCUT2D eigenvalue weighted by molar-refractivity contribution is 5.75. The Labute approximate surface area is 100 Å². The van der Waals surface area contributed by atoms with E-state index in [9.17, 15) is 4.79 Å². The maximum absolute atomic E-state index is 11.3. The fourth-order valence-electron chi connectivity index (χ4n) is 1.57. The van der Waals surface area contributed by atoms with Crippen LogP contribution in [0.5, 0.6) is 0 Å². The maximum atomic E-state index is 11.3. The molecule has 0 bridgehead atoms. The number of terminal acetylenes is 1. The van der Waals surface area contributed by atoms with Crippen molar-refractivity contribution in [3.8, 4) is 12.3 Å². The molecule has 0 unspecified atom stereocenters. The van der Waals surface area contributed by atoms with Gasteiger partial charge in [-0.25, -0.2) is 0 Å². The molecule has 0 fully saturated rings. The first-order valence-corrected chi connectivity index (χ1v) is 6.51. The zero-order valence-electron chi connectivity index (χ0n) is 10.6. The summed E-state index contributed by atoms with van der Waals surface area (Å²) in [5.41, 5.74) is 0. The van der Waals surface area contributed by atoms with Gasteiger partial charge in [-0.2, -0.15) is 0 Å². The molecule has 2 nitrogen and oxygen atoms in total. The summed E-state index contributed by atoms with van der Waals surface area (Å²) in [6.07, 6.45) is 14.8. The predicted molar refractivity (Wildman–Crippen MR) is 69.1 cm³/mol. The molecule has 0 rings (SSSR count). The van der Waals surface area contributed by atoms with E-state index in [0.29, 0.717) is 6.42 Å². The summed E-state index contributed by atoms with van der Waals surface area (Å²) in [5.74, 6) is 2.74. The molecule has 0 saturated heterocycles. The van der Waals surface area contributed by atoms with Crippen LogP contribution < -0.4 is 5.32 Å². The minimum atomic E-state index is 0.174. The summed E-state index contributed by atoms with van der Waals surface area (Å²) in [6.45, 7) is 2.93. The zero-order chi connectivity index (χ0) is 12.1. The average molecular weight is 223 g/mol. The lowest BCUT2D eigenvalue weighted by molar-refractivity contribution is -0.121. The van der Waals surface area contributed by atoms with E-state index in [0.717, 1.165) is 25.8 Å². The van der Waals surface area contributed by atoms with Gasteiger partial charge in [-0.1, -0.05) is 39.0 Å². The molecule has 0 radical (unpaired) electrons. The van der Waals surface area contributed by atoms with Crippen LogP contribution in [0.4, 0.5) is 0 Å². The Morgan fingerprint density at radius 2 is 1.81 bits per heavy atom. The second-order valence-corrected chi connectivity index (χ2v) is 4.18. The van der Waals surface area contributed by atoms with Gasteiger partial charge in [-0.15, -0.1) is 12.3 Å². The van der Waals surface area contributed by atoms with Crippen molar-refractivity contribution in [3.05, 3.63) is 0 Å². The van der Waals surface area contributed by atoms with Crippen LogP contribution in [0, 0.1) is 12.3 Å². The SMILES string of the molecule is C#CCCCNC(=O)CCCCCCCC. The van der Waals surface area contributed by atoms with Crippen LogP contribution in [0.2, 0.25) is 0 Å². The van der Waals surface area contributed by atoms with Crippen molar-refractivity contribution in [2.24, 2.45) is 0 Å². The molecular weight excluding hydrogens is 198 g/mol. The molecule has 1 amide bonds.